The van der Waals surface area contributed by atoms with Gasteiger partial charge in [0, 0.05) is 12.6 Å². The summed E-state index contributed by atoms with van der Waals surface area (Å²) >= 11 is 0. The van der Waals surface area contributed by atoms with Gasteiger partial charge in [-0.05, 0) is 52.2 Å². The van der Waals surface area contributed by atoms with Crippen molar-refractivity contribution >= 4 is 0 Å². The van der Waals surface area contributed by atoms with E-state index in [9.17, 15) is 0 Å². The summed E-state index contributed by atoms with van der Waals surface area (Å²) in [7, 11) is 2.06. The smallest absolute Gasteiger partial charge is 0.00669 e. The number of likely N-dealkylation sites (tertiary alicyclic amines) is 1. The fourth-order valence-electron chi connectivity index (χ4n) is 2.55. The van der Waals surface area contributed by atoms with Gasteiger partial charge < -0.3 is 10.2 Å². The van der Waals surface area contributed by atoms with Crippen LogP contribution in [-0.2, 0) is 0 Å². The van der Waals surface area contributed by atoms with E-state index in [1.54, 1.807) is 0 Å². The van der Waals surface area contributed by atoms with Gasteiger partial charge >= 0.3 is 0 Å². The number of nitrogens with zero attached hydrogens (tertiary/aromatic N) is 1. The number of nitrogens with one attached hydrogen (secondary N) is 1. The number of hydrogen-bond acceptors (Lipinski definition) is 2. The topological polar surface area (TPSA) is 15.3 Å². The van der Waals surface area contributed by atoms with Crippen LogP contribution >= 0.6 is 0 Å². The largest absolute Gasteiger partial charge is 0.319 e. The molecule has 0 saturated carbocycles. The summed E-state index contributed by atoms with van der Waals surface area (Å²) in [6.07, 6.45) is 5.47. The first-order valence-corrected chi connectivity index (χ1v) is 6.16. The monoisotopic (exact) mass is 198 g/mol. The van der Waals surface area contributed by atoms with E-state index in [1.807, 2.05) is 0 Å². The summed E-state index contributed by atoms with van der Waals surface area (Å²) in [5, 5.41) is 3.30. The Morgan fingerprint density at radius 1 is 1.50 bits per heavy atom. The Balaban J connectivity index is 2.31. The van der Waals surface area contributed by atoms with Gasteiger partial charge in [-0.15, -0.1) is 0 Å². The second-order valence-corrected chi connectivity index (χ2v) is 4.70. The molecule has 1 heterocycles. The molecule has 2 atom stereocenters. The molecule has 2 unspecified atom stereocenters. The van der Waals surface area contributed by atoms with Gasteiger partial charge in [0.05, 0.1) is 0 Å². The third kappa shape index (κ3) is 3.58. The van der Waals surface area contributed by atoms with Crippen LogP contribution in [0.25, 0.3) is 0 Å². The van der Waals surface area contributed by atoms with E-state index in [0.717, 1.165) is 12.0 Å². The van der Waals surface area contributed by atoms with Gasteiger partial charge in [-0.1, -0.05) is 13.3 Å². The maximum absolute atomic E-state index is 3.30. The van der Waals surface area contributed by atoms with Crippen molar-refractivity contribution in [1.82, 2.24) is 10.2 Å². The zero-order chi connectivity index (χ0) is 10.4. The quantitative estimate of drug-likeness (QED) is 0.728. The molecule has 1 fully saturated rings. The maximum Gasteiger partial charge on any atom is 0.00669 e. The van der Waals surface area contributed by atoms with Gasteiger partial charge in [-0.25, -0.2) is 0 Å². The minimum Gasteiger partial charge on any atom is -0.319 e. The fraction of sp³-hybridized carbons (Fsp3) is 1.00. The molecule has 0 spiro atoms. The molecule has 1 aliphatic heterocycles. The first-order valence-electron chi connectivity index (χ1n) is 6.16. The van der Waals surface area contributed by atoms with Gasteiger partial charge in [0.1, 0.15) is 0 Å². The first kappa shape index (κ1) is 12.0. The predicted molar refractivity (Wildman–Crippen MR) is 62.6 cm³/mol. The van der Waals surface area contributed by atoms with Crippen LogP contribution in [0.1, 0.15) is 39.5 Å². The minimum atomic E-state index is 0.791. The summed E-state index contributed by atoms with van der Waals surface area (Å²) in [6.45, 7) is 8.48. The minimum absolute atomic E-state index is 0.791. The van der Waals surface area contributed by atoms with Crippen molar-refractivity contribution in [2.75, 3.05) is 26.7 Å². The molecule has 1 saturated heterocycles. The van der Waals surface area contributed by atoms with Crippen molar-refractivity contribution in [3.05, 3.63) is 0 Å². The average Bonchev–Trinajstić information content (AvgIpc) is 2.19. The summed E-state index contributed by atoms with van der Waals surface area (Å²) < 4.78 is 0. The van der Waals surface area contributed by atoms with E-state index in [0.29, 0.717) is 0 Å². The van der Waals surface area contributed by atoms with Crippen molar-refractivity contribution < 1.29 is 0 Å². The number of hydrogen-bond donors (Lipinski definition) is 1. The maximum atomic E-state index is 3.30. The molecule has 0 aromatic rings. The van der Waals surface area contributed by atoms with Crippen LogP contribution < -0.4 is 5.32 Å². The summed E-state index contributed by atoms with van der Waals surface area (Å²) in [5.41, 5.74) is 0. The van der Waals surface area contributed by atoms with Crippen LogP contribution in [0, 0.1) is 5.92 Å². The summed E-state index contributed by atoms with van der Waals surface area (Å²) in [4.78, 5) is 2.68. The lowest BCUT2D eigenvalue weighted by Crippen LogP contribution is -2.43. The first-order chi connectivity index (χ1) is 6.77. The zero-order valence-corrected chi connectivity index (χ0v) is 10.1. The molecule has 0 radical (unpaired) electrons. The third-order valence-electron chi connectivity index (χ3n) is 3.37. The van der Waals surface area contributed by atoms with Crippen LogP contribution in [0.5, 0.6) is 0 Å². The highest BCUT2D eigenvalue weighted by atomic mass is 15.2. The molecule has 1 aliphatic rings. The standard InChI is InChI=1S/C12H26N2/c1-4-6-11(2)14-8-5-7-12(10-14)9-13-3/h11-13H,4-10H2,1-3H3. The molecule has 1 N–H and O–H groups in total. The molecule has 2 heteroatoms. The van der Waals surface area contributed by atoms with Crippen molar-refractivity contribution in [2.45, 2.75) is 45.6 Å². The highest BCUT2D eigenvalue weighted by molar-refractivity contribution is 4.77. The number of piperidine rings is 1. The van der Waals surface area contributed by atoms with Gasteiger partial charge in [-0.2, -0.15) is 0 Å². The Kier molecular flexibility index (Phi) is 5.49. The van der Waals surface area contributed by atoms with E-state index < -0.39 is 0 Å². The highest BCUT2D eigenvalue weighted by Crippen LogP contribution is 2.19. The van der Waals surface area contributed by atoms with Crippen molar-refractivity contribution in [3.63, 3.8) is 0 Å². The molecule has 1 rings (SSSR count). The molecule has 0 aromatic heterocycles. The highest BCUT2D eigenvalue weighted by Gasteiger charge is 2.22. The van der Waals surface area contributed by atoms with Crippen molar-refractivity contribution in [2.24, 2.45) is 5.92 Å². The van der Waals surface area contributed by atoms with Gasteiger partial charge in [0.15, 0.2) is 0 Å². The number of rotatable bonds is 5. The van der Waals surface area contributed by atoms with Gasteiger partial charge in [0.2, 0.25) is 0 Å². The zero-order valence-electron chi connectivity index (χ0n) is 10.1. The van der Waals surface area contributed by atoms with E-state index >= 15 is 0 Å². The molecule has 84 valence electrons. The van der Waals surface area contributed by atoms with Gasteiger partial charge in [0.25, 0.3) is 0 Å². The van der Waals surface area contributed by atoms with Crippen LogP contribution in [0.15, 0.2) is 0 Å². The van der Waals surface area contributed by atoms with Crippen LogP contribution in [0.3, 0.4) is 0 Å². The second-order valence-electron chi connectivity index (χ2n) is 4.70. The Labute approximate surface area is 89.1 Å². The lowest BCUT2D eigenvalue weighted by Gasteiger charge is -2.36. The van der Waals surface area contributed by atoms with E-state index in [4.69, 9.17) is 0 Å². The second kappa shape index (κ2) is 6.41. The molecule has 0 bridgehead atoms. The Bertz CT molecular complexity index is 141. The molecule has 2 nitrogen and oxygen atoms in total. The molecular weight excluding hydrogens is 172 g/mol. The normalized spacial score (nSPS) is 26.4. The lowest BCUT2D eigenvalue weighted by molar-refractivity contribution is 0.125. The average molecular weight is 198 g/mol. The van der Waals surface area contributed by atoms with Crippen molar-refractivity contribution in [1.29, 1.82) is 0 Å². The molecular formula is C12H26N2. The Morgan fingerprint density at radius 2 is 2.29 bits per heavy atom. The van der Waals surface area contributed by atoms with E-state index in [1.165, 1.54) is 45.3 Å². The fourth-order valence-corrected chi connectivity index (χ4v) is 2.55. The summed E-state index contributed by atoms with van der Waals surface area (Å²) in [6, 6.07) is 0.791. The molecule has 0 amide bonds. The van der Waals surface area contributed by atoms with Crippen LogP contribution in [0.4, 0.5) is 0 Å². The molecule has 0 aromatic carbocycles. The lowest BCUT2D eigenvalue weighted by atomic mass is 9.96. The van der Waals surface area contributed by atoms with E-state index in [2.05, 4.69) is 31.1 Å². The SMILES string of the molecule is CCCC(C)N1CCCC(CNC)C1. The van der Waals surface area contributed by atoms with E-state index in [-0.39, 0.29) is 0 Å². The predicted octanol–water partition coefficient (Wildman–Crippen LogP) is 2.11. The Morgan fingerprint density at radius 3 is 2.93 bits per heavy atom. The van der Waals surface area contributed by atoms with Gasteiger partial charge in [-0.3, -0.25) is 0 Å². The molecule has 0 aliphatic carbocycles. The van der Waals surface area contributed by atoms with Crippen LogP contribution in [0.2, 0.25) is 0 Å². The molecule has 14 heavy (non-hydrogen) atoms. The summed E-state index contributed by atoms with van der Waals surface area (Å²) in [5.74, 6) is 0.882. The third-order valence-corrected chi connectivity index (χ3v) is 3.37. The van der Waals surface area contributed by atoms with Crippen LogP contribution in [-0.4, -0.2) is 37.6 Å². The van der Waals surface area contributed by atoms with Crippen molar-refractivity contribution in [3.8, 4) is 0 Å². The Hall–Kier alpha value is -0.0800.